The minimum Gasteiger partial charge on any atom is -0.406 e. The fraction of sp³-hybridized carbons (Fsp3) is 0.276. The Labute approximate surface area is 255 Å². The number of nitrogens with one attached hydrogen (secondary N) is 3. The molecule has 1 aromatic heterocycles. The van der Waals surface area contributed by atoms with Gasteiger partial charge in [0.15, 0.2) is 5.17 Å². The highest BCUT2D eigenvalue weighted by Crippen LogP contribution is 2.34. The number of hydrogen-bond acceptors (Lipinski definition) is 9. The molecule has 3 amide bonds. The fourth-order valence-electron chi connectivity index (χ4n) is 4.45. The van der Waals surface area contributed by atoms with Crippen molar-refractivity contribution in [2.75, 3.05) is 32.8 Å². The van der Waals surface area contributed by atoms with Gasteiger partial charge in [-0.2, -0.15) is 4.99 Å². The van der Waals surface area contributed by atoms with Crippen molar-refractivity contribution in [3.05, 3.63) is 71.9 Å². The Morgan fingerprint density at radius 2 is 1.95 bits per heavy atom. The van der Waals surface area contributed by atoms with Gasteiger partial charge >= 0.3 is 12.4 Å². The molecule has 0 saturated carbocycles. The van der Waals surface area contributed by atoms with Crippen molar-refractivity contribution in [1.29, 1.82) is 0 Å². The van der Waals surface area contributed by atoms with E-state index in [1.54, 1.807) is 17.1 Å². The molecular formula is C29H29F3N8O3S. The van der Waals surface area contributed by atoms with E-state index in [0.29, 0.717) is 28.9 Å². The molecule has 3 aromatic rings. The summed E-state index contributed by atoms with van der Waals surface area (Å²) < 4.78 is 41.0. The van der Waals surface area contributed by atoms with Crippen LogP contribution >= 0.6 is 11.8 Å². The lowest BCUT2D eigenvalue weighted by atomic mass is 9.99. The summed E-state index contributed by atoms with van der Waals surface area (Å²) in [6.07, 6.45) is -2.11. The zero-order chi connectivity index (χ0) is 31.4. The second-order valence-electron chi connectivity index (χ2n) is 10.2. The molecule has 44 heavy (non-hydrogen) atoms. The first-order valence-corrected chi connectivity index (χ1v) is 14.5. The maximum absolute atomic E-state index is 12.8. The molecule has 0 radical (unpaired) electrons. The van der Waals surface area contributed by atoms with Gasteiger partial charge in [-0.15, -0.1) is 13.2 Å². The molecule has 1 unspecified atom stereocenters. The van der Waals surface area contributed by atoms with Crippen molar-refractivity contribution in [3.63, 3.8) is 0 Å². The number of ether oxygens (including phenoxy) is 1. The predicted molar refractivity (Wildman–Crippen MR) is 165 cm³/mol. The molecule has 0 aliphatic carbocycles. The first-order chi connectivity index (χ1) is 20.9. The second-order valence-corrected chi connectivity index (χ2v) is 11.1. The number of hydrogen-bond donors (Lipinski definition) is 3. The first-order valence-electron chi connectivity index (χ1n) is 13.6. The molecular weight excluding hydrogens is 597 g/mol. The minimum absolute atomic E-state index is 0.135. The van der Waals surface area contributed by atoms with Gasteiger partial charge in [0.25, 0.3) is 0 Å². The maximum Gasteiger partial charge on any atom is 0.573 e. The van der Waals surface area contributed by atoms with Crippen molar-refractivity contribution >= 4 is 58.1 Å². The number of carbonyl (C=O) groups excluding carboxylic acids is 2. The molecule has 1 fully saturated rings. The number of anilines is 4. The molecule has 3 heterocycles. The van der Waals surface area contributed by atoms with Crippen LogP contribution in [0.2, 0.25) is 0 Å². The Bertz CT molecular complexity index is 1580. The number of aliphatic imine (C=N–C) groups is 2. The average Bonchev–Trinajstić information content (AvgIpc) is 3.58. The van der Waals surface area contributed by atoms with Crippen molar-refractivity contribution in [2.45, 2.75) is 39.2 Å². The fourth-order valence-corrected chi connectivity index (χ4v) is 5.31. The standard InChI is InChI=1S/C29H29F3N8O3S/c1-17(2)22-10-4-18(3)12-23(22)40-26(41)15-44-28(40)37-27(42)36-19-5-11-24(33-13-19)34-14-25-35-16-39(38-25)20-6-8-21(9-7-20)43-29(30,31)32/h4-13,16-17,25,38H,14-15H2,1-3H3,(H,33,34)(H,36,42). The van der Waals surface area contributed by atoms with Gasteiger partial charge in [-0.05, 0) is 66.4 Å². The molecule has 2 aromatic carbocycles. The number of halogens is 3. The van der Waals surface area contributed by atoms with Crippen LogP contribution in [-0.4, -0.2) is 53.3 Å². The smallest absolute Gasteiger partial charge is 0.406 e. The highest BCUT2D eigenvalue weighted by atomic mass is 32.2. The summed E-state index contributed by atoms with van der Waals surface area (Å²) in [6, 6.07) is 14.0. The number of rotatable bonds is 8. The summed E-state index contributed by atoms with van der Waals surface area (Å²) in [5.41, 5.74) is 6.83. The monoisotopic (exact) mass is 626 g/mol. The number of aromatic nitrogens is 1. The van der Waals surface area contributed by atoms with Crippen LogP contribution in [0.4, 0.5) is 40.8 Å². The van der Waals surface area contributed by atoms with Gasteiger partial charge in [0.05, 0.1) is 35.6 Å². The number of amides is 3. The van der Waals surface area contributed by atoms with Crippen molar-refractivity contribution < 1.29 is 27.5 Å². The summed E-state index contributed by atoms with van der Waals surface area (Å²) in [5, 5.41) is 7.72. The summed E-state index contributed by atoms with van der Waals surface area (Å²) in [7, 11) is 0. The van der Waals surface area contributed by atoms with Crippen LogP contribution in [0.5, 0.6) is 5.75 Å². The van der Waals surface area contributed by atoms with E-state index in [1.807, 2.05) is 39.0 Å². The van der Waals surface area contributed by atoms with E-state index in [0.717, 1.165) is 16.8 Å². The summed E-state index contributed by atoms with van der Waals surface area (Å²) >= 11 is 1.21. The number of hydrazine groups is 1. The summed E-state index contributed by atoms with van der Waals surface area (Å²) in [4.78, 5) is 39.9. The van der Waals surface area contributed by atoms with E-state index in [9.17, 15) is 22.8 Å². The molecule has 3 N–H and O–H groups in total. The van der Waals surface area contributed by atoms with Crippen LogP contribution in [0.3, 0.4) is 0 Å². The third-order valence-electron chi connectivity index (χ3n) is 6.50. The lowest BCUT2D eigenvalue weighted by Crippen LogP contribution is -2.40. The van der Waals surface area contributed by atoms with Crippen molar-refractivity contribution in [3.8, 4) is 5.75 Å². The Morgan fingerprint density at radius 1 is 1.18 bits per heavy atom. The number of benzene rings is 2. The zero-order valence-corrected chi connectivity index (χ0v) is 24.7. The van der Waals surface area contributed by atoms with Crippen LogP contribution in [-0.2, 0) is 4.79 Å². The Kier molecular flexibility index (Phi) is 9.06. The number of amidine groups is 1. The van der Waals surface area contributed by atoms with E-state index in [1.165, 1.54) is 53.5 Å². The SMILES string of the molecule is Cc1ccc(C(C)C)c(N2C(=O)CSC2=NC(=O)Nc2ccc(NCC3N=CN(c4ccc(OC(F)(F)F)cc4)N3)nc2)c1. The molecule has 11 nitrogen and oxygen atoms in total. The zero-order valence-electron chi connectivity index (χ0n) is 23.9. The normalized spacial score (nSPS) is 17.6. The first kappa shape index (κ1) is 30.8. The molecule has 0 spiro atoms. The Balaban J connectivity index is 1.14. The summed E-state index contributed by atoms with van der Waals surface area (Å²) in [5.74, 6) is 0.451. The number of carbonyl (C=O) groups is 2. The molecule has 5 rings (SSSR count). The quantitative estimate of drug-likeness (QED) is 0.284. The number of aryl methyl sites for hydroxylation is 1. The van der Waals surface area contributed by atoms with E-state index in [4.69, 9.17) is 0 Å². The number of pyridine rings is 1. The Hall–Kier alpha value is -4.63. The predicted octanol–water partition coefficient (Wildman–Crippen LogP) is 5.87. The topological polar surface area (TPSA) is 124 Å². The van der Waals surface area contributed by atoms with Gasteiger partial charge in [-0.25, -0.2) is 15.2 Å². The van der Waals surface area contributed by atoms with E-state index < -0.39 is 12.4 Å². The minimum atomic E-state index is -4.75. The van der Waals surface area contributed by atoms with Gasteiger partial charge < -0.3 is 15.4 Å². The molecule has 0 bridgehead atoms. The van der Waals surface area contributed by atoms with Crippen LogP contribution in [0.25, 0.3) is 0 Å². The summed E-state index contributed by atoms with van der Waals surface area (Å²) in [6.45, 7) is 6.40. The van der Waals surface area contributed by atoms with Crippen LogP contribution in [0, 0.1) is 6.92 Å². The molecule has 1 saturated heterocycles. The van der Waals surface area contributed by atoms with E-state index >= 15 is 0 Å². The highest BCUT2D eigenvalue weighted by Gasteiger charge is 2.33. The van der Waals surface area contributed by atoms with Crippen LogP contribution < -0.4 is 30.7 Å². The molecule has 2 aliphatic heterocycles. The molecule has 15 heteroatoms. The third-order valence-corrected chi connectivity index (χ3v) is 7.42. The number of alkyl halides is 3. The lowest BCUT2D eigenvalue weighted by Gasteiger charge is -2.22. The van der Waals surface area contributed by atoms with Gasteiger partial charge in [-0.1, -0.05) is 37.7 Å². The molecule has 230 valence electrons. The average molecular weight is 627 g/mol. The van der Waals surface area contributed by atoms with Gasteiger partial charge in [0, 0.05) is 0 Å². The Morgan fingerprint density at radius 3 is 2.64 bits per heavy atom. The largest absolute Gasteiger partial charge is 0.573 e. The number of thioether (sulfide) groups is 1. The lowest BCUT2D eigenvalue weighted by molar-refractivity contribution is -0.274. The molecule has 1 atom stereocenters. The maximum atomic E-state index is 12.8. The van der Waals surface area contributed by atoms with Crippen molar-refractivity contribution in [2.24, 2.45) is 9.98 Å². The highest BCUT2D eigenvalue weighted by molar-refractivity contribution is 8.15. The number of urea groups is 1. The third kappa shape index (κ3) is 7.65. The van der Waals surface area contributed by atoms with Crippen LogP contribution in [0.15, 0.2) is 70.8 Å². The van der Waals surface area contributed by atoms with Crippen LogP contribution in [0.1, 0.15) is 30.9 Å². The van der Waals surface area contributed by atoms with Gasteiger partial charge in [0.1, 0.15) is 24.1 Å². The van der Waals surface area contributed by atoms with E-state index in [2.05, 4.69) is 35.8 Å². The van der Waals surface area contributed by atoms with Gasteiger partial charge in [0.2, 0.25) is 5.91 Å². The number of nitrogens with zero attached hydrogens (tertiary/aromatic N) is 5. The van der Waals surface area contributed by atoms with E-state index in [-0.39, 0.29) is 29.5 Å². The van der Waals surface area contributed by atoms with Gasteiger partial charge in [-0.3, -0.25) is 19.7 Å². The molecule has 2 aliphatic rings. The van der Waals surface area contributed by atoms with Crippen molar-refractivity contribution in [1.82, 2.24) is 10.4 Å². The second kappa shape index (κ2) is 12.9.